The van der Waals surface area contributed by atoms with Gasteiger partial charge < -0.3 is 10.2 Å². The minimum atomic E-state index is -0.190. The van der Waals surface area contributed by atoms with Crippen LogP contribution in [-0.2, 0) is 4.79 Å². The number of likely N-dealkylation sites (tertiary alicyclic amines) is 3. The third kappa shape index (κ3) is 4.35. The van der Waals surface area contributed by atoms with Crippen LogP contribution in [0.5, 0.6) is 0 Å². The summed E-state index contributed by atoms with van der Waals surface area (Å²) < 4.78 is 0. The molecule has 1 atom stereocenters. The quantitative estimate of drug-likeness (QED) is 0.818. The van der Waals surface area contributed by atoms with Gasteiger partial charge in [0.2, 0.25) is 5.91 Å². The lowest BCUT2D eigenvalue weighted by Gasteiger charge is -2.46. The summed E-state index contributed by atoms with van der Waals surface area (Å²) >= 11 is 0. The fraction of sp³-hybridized carbons (Fsp3) is 0.955. The summed E-state index contributed by atoms with van der Waals surface area (Å²) in [5.74, 6) is 0.360. The Kier molecular flexibility index (Phi) is 6.40. The molecule has 0 radical (unpaired) electrons. The largest absolute Gasteiger partial charge is 0.350 e. The lowest BCUT2D eigenvalue weighted by atomic mass is 9.79. The first-order chi connectivity index (χ1) is 13.2. The minimum Gasteiger partial charge on any atom is -0.350 e. The zero-order valence-electron chi connectivity index (χ0n) is 17.4. The molecule has 0 bridgehead atoms. The Morgan fingerprint density at radius 1 is 0.852 bits per heavy atom. The first-order valence-electron chi connectivity index (χ1n) is 11.7. The van der Waals surface area contributed by atoms with Crippen LogP contribution in [0.2, 0.25) is 0 Å². The SMILES string of the molecule is CN1CCC(N2CCC[C@@H](NC(=O)C3(N4CCCC4)CCCCC3)C2)CC1. The molecule has 0 aromatic rings. The zero-order valence-corrected chi connectivity index (χ0v) is 17.4. The standard InChI is InChI=1S/C22H40N4O/c1-24-16-9-20(10-17-24)25-13-7-8-19(18-25)23-21(27)22(11-3-2-4-12-22)26-14-5-6-15-26/h19-20H,2-18H2,1H3,(H,23,27)/t19-/m1/s1. The third-order valence-electron chi connectivity index (χ3n) is 7.81. The van der Waals surface area contributed by atoms with Crippen molar-refractivity contribution < 1.29 is 4.79 Å². The van der Waals surface area contributed by atoms with Crippen molar-refractivity contribution in [3.05, 3.63) is 0 Å². The smallest absolute Gasteiger partial charge is 0.240 e. The van der Waals surface area contributed by atoms with E-state index in [1.807, 2.05) is 0 Å². The Labute approximate surface area is 165 Å². The van der Waals surface area contributed by atoms with Gasteiger partial charge in [0, 0.05) is 18.6 Å². The van der Waals surface area contributed by atoms with Gasteiger partial charge in [0.25, 0.3) is 0 Å². The van der Waals surface area contributed by atoms with Crippen molar-refractivity contribution in [2.24, 2.45) is 0 Å². The monoisotopic (exact) mass is 376 g/mol. The van der Waals surface area contributed by atoms with Crippen LogP contribution in [-0.4, -0.2) is 84.5 Å². The highest BCUT2D eigenvalue weighted by Gasteiger charge is 2.46. The van der Waals surface area contributed by atoms with Crippen molar-refractivity contribution in [2.45, 2.75) is 88.3 Å². The van der Waals surface area contributed by atoms with E-state index in [0.29, 0.717) is 11.9 Å². The summed E-state index contributed by atoms with van der Waals surface area (Å²) in [7, 11) is 2.23. The van der Waals surface area contributed by atoms with E-state index in [0.717, 1.165) is 44.9 Å². The molecule has 1 amide bonds. The second-order valence-electron chi connectivity index (χ2n) is 9.63. The van der Waals surface area contributed by atoms with Crippen LogP contribution in [0.25, 0.3) is 0 Å². The van der Waals surface area contributed by atoms with E-state index in [1.54, 1.807) is 0 Å². The average molecular weight is 377 g/mol. The lowest BCUT2D eigenvalue weighted by molar-refractivity contribution is -0.136. The Morgan fingerprint density at radius 2 is 1.56 bits per heavy atom. The highest BCUT2D eigenvalue weighted by Crippen LogP contribution is 2.36. The molecule has 27 heavy (non-hydrogen) atoms. The molecule has 0 spiro atoms. The fourth-order valence-corrected chi connectivity index (χ4v) is 6.10. The Bertz CT molecular complexity index is 491. The van der Waals surface area contributed by atoms with Crippen molar-refractivity contribution in [1.82, 2.24) is 20.0 Å². The molecular weight excluding hydrogens is 336 g/mol. The van der Waals surface area contributed by atoms with Gasteiger partial charge in [-0.2, -0.15) is 0 Å². The van der Waals surface area contributed by atoms with Crippen LogP contribution in [0.4, 0.5) is 0 Å². The summed E-state index contributed by atoms with van der Waals surface area (Å²) in [5, 5.41) is 3.55. The van der Waals surface area contributed by atoms with Crippen molar-refractivity contribution in [3.63, 3.8) is 0 Å². The molecule has 1 aliphatic carbocycles. The molecule has 0 aromatic heterocycles. The van der Waals surface area contributed by atoms with Gasteiger partial charge >= 0.3 is 0 Å². The summed E-state index contributed by atoms with van der Waals surface area (Å²) in [4.78, 5) is 21.2. The van der Waals surface area contributed by atoms with E-state index in [1.165, 1.54) is 71.0 Å². The van der Waals surface area contributed by atoms with Crippen LogP contribution < -0.4 is 5.32 Å². The Morgan fingerprint density at radius 3 is 2.26 bits per heavy atom. The minimum absolute atomic E-state index is 0.190. The van der Waals surface area contributed by atoms with E-state index >= 15 is 0 Å². The average Bonchev–Trinajstić information content (AvgIpc) is 3.25. The van der Waals surface area contributed by atoms with Crippen LogP contribution >= 0.6 is 0 Å². The number of rotatable bonds is 4. The molecule has 4 fully saturated rings. The predicted octanol–water partition coefficient (Wildman–Crippen LogP) is 2.46. The maximum atomic E-state index is 13.5. The number of amides is 1. The normalized spacial score (nSPS) is 31.8. The lowest BCUT2D eigenvalue weighted by Crippen LogP contribution is -2.62. The van der Waals surface area contributed by atoms with Crippen LogP contribution in [0.3, 0.4) is 0 Å². The van der Waals surface area contributed by atoms with Gasteiger partial charge in [0.05, 0.1) is 0 Å². The number of carbonyl (C=O) groups excluding carboxylic acids is 1. The number of hydrogen-bond acceptors (Lipinski definition) is 4. The molecule has 5 heteroatoms. The maximum absolute atomic E-state index is 13.5. The predicted molar refractivity (Wildman–Crippen MR) is 110 cm³/mol. The van der Waals surface area contributed by atoms with Gasteiger partial charge in [-0.1, -0.05) is 19.3 Å². The second-order valence-corrected chi connectivity index (χ2v) is 9.63. The third-order valence-corrected chi connectivity index (χ3v) is 7.81. The molecule has 0 unspecified atom stereocenters. The van der Waals surface area contributed by atoms with Crippen molar-refractivity contribution in [2.75, 3.05) is 46.3 Å². The number of nitrogens with zero attached hydrogens (tertiary/aromatic N) is 3. The molecule has 154 valence electrons. The topological polar surface area (TPSA) is 38.8 Å². The molecule has 3 heterocycles. The van der Waals surface area contributed by atoms with Crippen LogP contribution in [0.1, 0.15) is 70.6 Å². The molecule has 1 N–H and O–H groups in total. The van der Waals surface area contributed by atoms with E-state index < -0.39 is 0 Å². The Balaban J connectivity index is 1.37. The van der Waals surface area contributed by atoms with Crippen molar-refractivity contribution >= 4 is 5.91 Å². The van der Waals surface area contributed by atoms with Gasteiger partial charge in [0.1, 0.15) is 5.54 Å². The van der Waals surface area contributed by atoms with Gasteiger partial charge in [-0.3, -0.25) is 14.6 Å². The number of nitrogens with one attached hydrogen (secondary N) is 1. The summed E-state index contributed by atoms with van der Waals surface area (Å²) in [5.41, 5.74) is -0.190. The summed E-state index contributed by atoms with van der Waals surface area (Å²) in [6, 6.07) is 1.08. The van der Waals surface area contributed by atoms with Gasteiger partial charge in [-0.25, -0.2) is 0 Å². The van der Waals surface area contributed by atoms with Crippen molar-refractivity contribution in [3.8, 4) is 0 Å². The summed E-state index contributed by atoms with van der Waals surface area (Å²) in [6.07, 6.45) is 13.4. The zero-order chi connectivity index (χ0) is 18.7. The first kappa shape index (κ1) is 19.7. The van der Waals surface area contributed by atoms with E-state index in [-0.39, 0.29) is 5.54 Å². The molecule has 5 nitrogen and oxygen atoms in total. The highest BCUT2D eigenvalue weighted by atomic mass is 16.2. The molecule has 3 saturated heterocycles. The molecule has 4 rings (SSSR count). The molecule has 4 aliphatic rings. The maximum Gasteiger partial charge on any atom is 0.240 e. The first-order valence-corrected chi connectivity index (χ1v) is 11.7. The van der Waals surface area contributed by atoms with E-state index in [4.69, 9.17) is 0 Å². The molecule has 0 aromatic carbocycles. The fourth-order valence-electron chi connectivity index (χ4n) is 6.10. The number of piperidine rings is 2. The van der Waals surface area contributed by atoms with Gasteiger partial charge in [-0.15, -0.1) is 0 Å². The second kappa shape index (κ2) is 8.79. The Hall–Kier alpha value is -0.650. The van der Waals surface area contributed by atoms with Gasteiger partial charge in [-0.05, 0) is 91.1 Å². The number of carbonyl (C=O) groups is 1. The molecule has 3 aliphatic heterocycles. The van der Waals surface area contributed by atoms with Crippen molar-refractivity contribution in [1.29, 1.82) is 0 Å². The summed E-state index contributed by atoms with van der Waals surface area (Å²) in [6.45, 7) is 6.97. The molecular formula is C22H40N4O. The number of hydrogen-bond donors (Lipinski definition) is 1. The van der Waals surface area contributed by atoms with Gasteiger partial charge in [0.15, 0.2) is 0 Å². The van der Waals surface area contributed by atoms with E-state index in [2.05, 4.69) is 27.1 Å². The van der Waals surface area contributed by atoms with Crippen LogP contribution in [0.15, 0.2) is 0 Å². The molecule has 1 saturated carbocycles. The van der Waals surface area contributed by atoms with Crippen LogP contribution in [0, 0.1) is 0 Å². The highest BCUT2D eigenvalue weighted by molar-refractivity contribution is 5.86. The van der Waals surface area contributed by atoms with E-state index in [9.17, 15) is 4.79 Å².